The molecule has 26 heavy (non-hydrogen) atoms. The molecule has 0 aliphatic carbocycles. The van der Waals surface area contributed by atoms with E-state index in [0.29, 0.717) is 30.2 Å². The van der Waals surface area contributed by atoms with E-state index >= 15 is 0 Å². The molecule has 0 bridgehead atoms. The second-order valence-electron chi connectivity index (χ2n) is 6.23. The first-order chi connectivity index (χ1) is 12.4. The highest BCUT2D eigenvalue weighted by atomic mass is 79.9. The highest BCUT2D eigenvalue weighted by molar-refractivity contribution is 9.10. The van der Waals surface area contributed by atoms with E-state index in [-0.39, 0.29) is 16.7 Å². The van der Waals surface area contributed by atoms with E-state index in [1.165, 1.54) is 0 Å². The number of amides is 1. The quantitative estimate of drug-likeness (QED) is 0.742. The van der Waals surface area contributed by atoms with Crippen molar-refractivity contribution in [2.45, 2.75) is 24.7 Å². The Morgan fingerprint density at radius 3 is 2.54 bits per heavy atom. The summed E-state index contributed by atoms with van der Waals surface area (Å²) < 4.78 is 32.0. The molecule has 140 valence electrons. The number of carbonyl (C=O) groups is 1. The van der Waals surface area contributed by atoms with Crippen LogP contribution < -0.4 is 4.72 Å². The van der Waals surface area contributed by atoms with Crippen molar-refractivity contribution in [2.75, 3.05) is 19.6 Å². The second kappa shape index (κ2) is 8.12. The summed E-state index contributed by atoms with van der Waals surface area (Å²) in [5.41, 5.74) is 0.657. The summed E-state index contributed by atoms with van der Waals surface area (Å²) in [5, 5.41) is 3.88. The molecule has 2 aromatic rings. The van der Waals surface area contributed by atoms with Crippen molar-refractivity contribution < 1.29 is 13.2 Å². The molecule has 0 atom stereocenters. The Bertz CT molecular complexity index is 875. The van der Waals surface area contributed by atoms with Crippen LogP contribution >= 0.6 is 27.5 Å². The fourth-order valence-electron chi connectivity index (χ4n) is 2.84. The molecule has 0 spiro atoms. The first-order valence-electron chi connectivity index (χ1n) is 8.20. The summed E-state index contributed by atoms with van der Waals surface area (Å²) in [5.74, 6) is 0.177. The number of likely N-dealkylation sites (tertiary alicyclic amines) is 1. The predicted octanol–water partition coefficient (Wildman–Crippen LogP) is 2.44. The Kier molecular flexibility index (Phi) is 6.06. The van der Waals surface area contributed by atoms with Gasteiger partial charge in [0.25, 0.3) is 5.91 Å². The molecule has 1 aromatic heterocycles. The number of benzene rings is 1. The molecule has 1 N–H and O–H groups in total. The zero-order valence-electron chi connectivity index (χ0n) is 14.2. The number of sulfonamides is 1. The van der Waals surface area contributed by atoms with Crippen LogP contribution in [0.25, 0.3) is 0 Å². The lowest BCUT2D eigenvalue weighted by molar-refractivity contribution is 0.0696. The van der Waals surface area contributed by atoms with Gasteiger partial charge in [0.2, 0.25) is 10.0 Å². The minimum atomic E-state index is -3.51. The van der Waals surface area contributed by atoms with E-state index in [9.17, 15) is 13.2 Å². The van der Waals surface area contributed by atoms with Crippen molar-refractivity contribution in [2.24, 2.45) is 5.92 Å². The van der Waals surface area contributed by atoms with Crippen LogP contribution in [0.3, 0.4) is 0 Å². The minimum absolute atomic E-state index is 0.0357. The molecule has 10 heteroatoms. The van der Waals surface area contributed by atoms with Crippen LogP contribution in [0.2, 0.25) is 0 Å². The van der Waals surface area contributed by atoms with Crippen molar-refractivity contribution in [3.8, 4) is 0 Å². The Hall–Kier alpha value is -1.36. The molecule has 0 radical (unpaired) electrons. The van der Waals surface area contributed by atoms with Gasteiger partial charge in [-0.3, -0.25) is 4.79 Å². The van der Waals surface area contributed by atoms with Crippen LogP contribution in [0.15, 0.2) is 33.6 Å². The van der Waals surface area contributed by atoms with E-state index in [4.69, 9.17) is 0 Å². The van der Waals surface area contributed by atoms with Crippen molar-refractivity contribution in [3.63, 3.8) is 0 Å². The van der Waals surface area contributed by atoms with Crippen molar-refractivity contribution >= 4 is 43.4 Å². The van der Waals surface area contributed by atoms with Gasteiger partial charge in [-0.15, -0.1) is 5.10 Å². The van der Waals surface area contributed by atoms with Crippen molar-refractivity contribution in [1.29, 1.82) is 0 Å². The van der Waals surface area contributed by atoms with Gasteiger partial charge in [0.15, 0.2) is 0 Å². The molecule has 1 aliphatic rings. The van der Waals surface area contributed by atoms with E-state index in [1.807, 2.05) is 0 Å². The van der Waals surface area contributed by atoms with Crippen molar-refractivity contribution in [1.82, 2.24) is 19.2 Å². The molecule has 1 amide bonds. The molecule has 7 nitrogen and oxygen atoms in total. The van der Waals surface area contributed by atoms with E-state index in [2.05, 4.69) is 30.2 Å². The molecule has 1 fully saturated rings. The summed E-state index contributed by atoms with van der Waals surface area (Å²) in [6.45, 7) is 3.38. The molecular formula is C16H19BrN4O3S2. The molecule has 0 saturated carbocycles. The number of nitrogens with one attached hydrogen (secondary N) is 1. The third-order valence-corrected chi connectivity index (χ3v) is 7.22. The van der Waals surface area contributed by atoms with Gasteiger partial charge in [0, 0.05) is 24.1 Å². The normalized spacial score (nSPS) is 16.0. The summed E-state index contributed by atoms with van der Waals surface area (Å²) in [4.78, 5) is 15.1. The Labute approximate surface area is 165 Å². The van der Waals surface area contributed by atoms with Crippen LogP contribution in [-0.4, -0.2) is 48.4 Å². The number of carbonyl (C=O) groups excluding carboxylic acids is 1. The number of aryl methyl sites for hydroxylation is 1. The zero-order chi connectivity index (χ0) is 18.7. The van der Waals surface area contributed by atoms with Gasteiger partial charge in [-0.2, -0.15) is 0 Å². The Morgan fingerprint density at radius 1 is 1.31 bits per heavy atom. The summed E-state index contributed by atoms with van der Waals surface area (Å²) in [6, 6.07) is 6.54. The number of nitrogens with zero attached hydrogens (tertiary/aromatic N) is 3. The van der Waals surface area contributed by atoms with Gasteiger partial charge in [-0.05, 0) is 61.5 Å². The third kappa shape index (κ3) is 4.48. The Morgan fingerprint density at radius 2 is 1.96 bits per heavy atom. The molecular weight excluding hydrogens is 440 g/mol. The maximum absolute atomic E-state index is 12.5. The van der Waals surface area contributed by atoms with E-state index in [0.717, 1.165) is 28.8 Å². The second-order valence-corrected chi connectivity index (χ2v) is 9.67. The van der Waals surface area contributed by atoms with Crippen molar-refractivity contribution in [3.05, 3.63) is 39.3 Å². The maximum atomic E-state index is 12.5. The van der Waals surface area contributed by atoms with Crippen LogP contribution in [-0.2, 0) is 10.0 Å². The van der Waals surface area contributed by atoms with Crippen LogP contribution in [0.5, 0.6) is 0 Å². The van der Waals surface area contributed by atoms with Gasteiger partial charge < -0.3 is 4.90 Å². The van der Waals surface area contributed by atoms with Crippen LogP contribution in [0, 0.1) is 12.8 Å². The lowest BCUT2D eigenvalue weighted by atomic mass is 9.97. The molecule has 1 aromatic carbocycles. The standard InChI is InChI=1S/C16H19BrN4O3S2/c1-11-15(25-20-19-11)16(22)21-8-6-12(7-9-21)10-18-26(23,24)14-4-2-13(17)3-5-14/h2-5,12,18H,6-10H2,1H3. The largest absolute Gasteiger partial charge is 0.338 e. The lowest BCUT2D eigenvalue weighted by Gasteiger charge is -2.31. The number of halogens is 1. The van der Waals surface area contributed by atoms with Gasteiger partial charge in [0.1, 0.15) is 4.88 Å². The highest BCUT2D eigenvalue weighted by Crippen LogP contribution is 2.21. The summed E-state index contributed by atoms with van der Waals surface area (Å²) in [7, 11) is -3.51. The number of piperidine rings is 1. The smallest absolute Gasteiger partial charge is 0.267 e. The first-order valence-corrected chi connectivity index (χ1v) is 11.3. The third-order valence-electron chi connectivity index (χ3n) is 4.43. The van der Waals surface area contributed by atoms with Gasteiger partial charge >= 0.3 is 0 Å². The van der Waals surface area contributed by atoms with Crippen LogP contribution in [0.4, 0.5) is 0 Å². The predicted molar refractivity (Wildman–Crippen MR) is 103 cm³/mol. The fourth-order valence-corrected chi connectivity index (χ4v) is 4.84. The topological polar surface area (TPSA) is 92.3 Å². The van der Waals surface area contributed by atoms with E-state index < -0.39 is 10.0 Å². The first kappa shape index (κ1) is 19.4. The number of hydrogen-bond donors (Lipinski definition) is 1. The van der Waals surface area contributed by atoms with Crippen LogP contribution in [0.1, 0.15) is 28.2 Å². The molecule has 2 heterocycles. The SMILES string of the molecule is Cc1nnsc1C(=O)N1CCC(CNS(=O)(=O)c2ccc(Br)cc2)CC1. The molecule has 3 rings (SSSR count). The highest BCUT2D eigenvalue weighted by Gasteiger charge is 2.27. The summed E-state index contributed by atoms with van der Waals surface area (Å²) in [6.07, 6.45) is 1.53. The molecule has 1 aliphatic heterocycles. The Balaban J connectivity index is 1.52. The zero-order valence-corrected chi connectivity index (χ0v) is 17.4. The number of aromatic nitrogens is 2. The lowest BCUT2D eigenvalue weighted by Crippen LogP contribution is -2.41. The average molecular weight is 459 g/mol. The fraction of sp³-hybridized carbons (Fsp3) is 0.438. The minimum Gasteiger partial charge on any atom is -0.338 e. The van der Waals surface area contributed by atoms with Gasteiger partial charge in [0.05, 0.1) is 10.6 Å². The average Bonchev–Trinajstić information content (AvgIpc) is 3.06. The maximum Gasteiger partial charge on any atom is 0.267 e. The number of rotatable bonds is 5. The van der Waals surface area contributed by atoms with Gasteiger partial charge in [-0.1, -0.05) is 20.4 Å². The van der Waals surface area contributed by atoms with E-state index in [1.54, 1.807) is 36.1 Å². The van der Waals surface area contributed by atoms with Gasteiger partial charge in [-0.25, -0.2) is 13.1 Å². The number of hydrogen-bond acceptors (Lipinski definition) is 6. The monoisotopic (exact) mass is 458 g/mol. The summed E-state index contributed by atoms with van der Waals surface area (Å²) >= 11 is 4.41. The molecule has 1 saturated heterocycles. The molecule has 0 unspecified atom stereocenters.